The Hall–Kier alpha value is -2.76. The fraction of sp³-hybridized carbons (Fsp3) is 0.125. The Balaban J connectivity index is 1.80. The first-order valence-corrected chi connectivity index (χ1v) is 6.63. The van der Waals surface area contributed by atoms with E-state index in [0.717, 1.165) is 29.1 Å². The number of rotatable bonds is 3. The van der Waals surface area contributed by atoms with Gasteiger partial charge in [0, 0.05) is 17.1 Å². The first-order chi connectivity index (χ1) is 10.5. The molecule has 2 aromatic carbocycles. The highest BCUT2D eigenvalue weighted by Gasteiger charge is 2.14. The number of carbonyl (C=O) groups is 1. The van der Waals surface area contributed by atoms with E-state index in [0.29, 0.717) is 11.3 Å². The monoisotopic (exact) mass is 302 g/mol. The number of amides is 1. The molecule has 0 aliphatic rings. The molecular formula is C16H12F2N2O2. The van der Waals surface area contributed by atoms with Crippen LogP contribution in [0.25, 0.3) is 11.0 Å². The fourth-order valence-electron chi connectivity index (χ4n) is 2.26. The van der Waals surface area contributed by atoms with E-state index in [1.807, 2.05) is 25.1 Å². The van der Waals surface area contributed by atoms with E-state index in [1.165, 1.54) is 0 Å². The van der Waals surface area contributed by atoms with Crippen molar-refractivity contribution in [3.05, 3.63) is 59.3 Å². The molecule has 4 nitrogen and oxygen atoms in total. The molecule has 0 fully saturated rings. The van der Waals surface area contributed by atoms with Gasteiger partial charge in [-0.3, -0.25) is 4.79 Å². The third-order valence-electron chi connectivity index (χ3n) is 3.24. The Bertz CT molecular complexity index is 838. The highest BCUT2D eigenvalue weighted by molar-refractivity contribution is 5.95. The highest BCUT2D eigenvalue weighted by atomic mass is 19.1. The van der Waals surface area contributed by atoms with Crippen LogP contribution in [0.15, 0.2) is 40.9 Å². The van der Waals surface area contributed by atoms with Crippen molar-refractivity contribution in [2.75, 3.05) is 5.32 Å². The van der Waals surface area contributed by atoms with Crippen LogP contribution in [0.4, 0.5) is 14.5 Å². The first kappa shape index (κ1) is 14.2. The zero-order valence-electron chi connectivity index (χ0n) is 11.7. The summed E-state index contributed by atoms with van der Waals surface area (Å²) < 4.78 is 31.4. The Morgan fingerprint density at radius 1 is 1.23 bits per heavy atom. The highest BCUT2D eigenvalue weighted by Crippen LogP contribution is 2.22. The number of aromatic nitrogens is 1. The lowest BCUT2D eigenvalue weighted by atomic mass is 10.1. The van der Waals surface area contributed by atoms with Crippen molar-refractivity contribution in [2.24, 2.45) is 0 Å². The van der Waals surface area contributed by atoms with Crippen LogP contribution in [0, 0.1) is 18.6 Å². The zero-order valence-corrected chi connectivity index (χ0v) is 11.7. The van der Waals surface area contributed by atoms with E-state index in [9.17, 15) is 13.6 Å². The molecule has 0 radical (unpaired) electrons. The summed E-state index contributed by atoms with van der Waals surface area (Å²) in [5, 5.41) is 7.08. The molecule has 0 saturated heterocycles. The van der Waals surface area contributed by atoms with Gasteiger partial charge in [0.05, 0.1) is 6.42 Å². The summed E-state index contributed by atoms with van der Waals surface area (Å²) in [5.41, 5.74) is 2.09. The van der Waals surface area contributed by atoms with Crippen LogP contribution in [0.5, 0.6) is 0 Å². The summed E-state index contributed by atoms with van der Waals surface area (Å²) in [6.45, 7) is 1.88. The second-order valence-corrected chi connectivity index (χ2v) is 4.96. The van der Waals surface area contributed by atoms with E-state index in [-0.39, 0.29) is 12.1 Å². The van der Waals surface area contributed by atoms with Gasteiger partial charge in [0.25, 0.3) is 0 Å². The lowest BCUT2D eigenvalue weighted by molar-refractivity contribution is -0.115. The van der Waals surface area contributed by atoms with Crippen LogP contribution in [0.1, 0.15) is 11.3 Å². The number of hydrogen-bond donors (Lipinski definition) is 1. The van der Waals surface area contributed by atoms with Gasteiger partial charge < -0.3 is 9.84 Å². The predicted octanol–water partition coefficient (Wildman–Crippen LogP) is 3.60. The van der Waals surface area contributed by atoms with Crippen molar-refractivity contribution in [3.8, 4) is 0 Å². The summed E-state index contributed by atoms with van der Waals surface area (Å²) >= 11 is 0. The fourth-order valence-corrected chi connectivity index (χ4v) is 2.26. The zero-order chi connectivity index (χ0) is 15.7. The summed E-state index contributed by atoms with van der Waals surface area (Å²) in [6.07, 6.45) is -0.0470. The molecule has 1 N–H and O–H groups in total. The normalized spacial score (nSPS) is 10.9. The number of nitrogens with one attached hydrogen (secondary N) is 1. The number of carbonyl (C=O) groups excluding carboxylic acids is 1. The van der Waals surface area contributed by atoms with E-state index < -0.39 is 17.5 Å². The number of fused-ring (bicyclic) bond motifs is 1. The van der Waals surface area contributed by atoms with Crippen LogP contribution in [0.2, 0.25) is 0 Å². The molecule has 3 rings (SSSR count). The van der Waals surface area contributed by atoms with Gasteiger partial charge in [0.15, 0.2) is 5.58 Å². The molecule has 0 atom stereocenters. The molecule has 0 bridgehead atoms. The van der Waals surface area contributed by atoms with Gasteiger partial charge in [-0.2, -0.15) is 0 Å². The second-order valence-electron chi connectivity index (χ2n) is 4.96. The Morgan fingerprint density at radius 2 is 1.95 bits per heavy atom. The third kappa shape index (κ3) is 2.81. The van der Waals surface area contributed by atoms with Gasteiger partial charge in [-0.15, -0.1) is 0 Å². The second kappa shape index (κ2) is 5.55. The number of aryl methyl sites for hydroxylation is 1. The van der Waals surface area contributed by atoms with Gasteiger partial charge in [-0.1, -0.05) is 17.3 Å². The van der Waals surface area contributed by atoms with Gasteiger partial charge in [0.2, 0.25) is 5.91 Å². The van der Waals surface area contributed by atoms with E-state index in [2.05, 4.69) is 10.5 Å². The molecular weight excluding hydrogens is 290 g/mol. The van der Waals surface area contributed by atoms with Crippen LogP contribution in [0.3, 0.4) is 0 Å². The Kier molecular flexibility index (Phi) is 3.58. The largest absolute Gasteiger partial charge is 0.356 e. The topological polar surface area (TPSA) is 55.1 Å². The molecule has 6 heteroatoms. The Labute approximate surface area is 124 Å². The molecule has 22 heavy (non-hydrogen) atoms. The molecule has 0 saturated carbocycles. The molecule has 0 aliphatic carbocycles. The average molecular weight is 302 g/mol. The lowest BCUT2D eigenvalue weighted by Gasteiger charge is -2.04. The van der Waals surface area contributed by atoms with Crippen molar-refractivity contribution in [1.82, 2.24) is 5.16 Å². The summed E-state index contributed by atoms with van der Waals surface area (Å²) in [5.74, 6) is -1.93. The molecule has 1 heterocycles. The minimum Gasteiger partial charge on any atom is -0.356 e. The van der Waals surface area contributed by atoms with Crippen molar-refractivity contribution in [3.63, 3.8) is 0 Å². The number of halogens is 2. The SMILES string of the molecule is Cc1cccc2c(CC(=O)Nc3cc(F)cc(F)c3)noc12. The standard InChI is InChI=1S/C16H12F2N2O2/c1-9-3-2-4-13-14(20-22-16(9)13)8-15(21)19-12-6-10(17)5-11(18)7-12/h2-7H,8H2,1H3,(H,19,21). The summed E-state index contributed by atoms with van der Waals surface area (Å²) in [6, 6.07) is 8.37. The lowest BCUT2D eigenvalue weighted by Crippen LogP contribution is -2.15. The molecule has 0 aliphatic heterocycles. The molecule has 1 amide bonds. The maximum absolute atomic E-state index is 13.1. The van der Waals surface area contributed by atoms with Gasteiger partial charge >= 0.3 is 0 Å². The minimum absolute atomic E-state index is 0.0470. The van der Waals surface area contributed by atoms with Crippen LogP contribution >= 0.6 is 0 Å². The number of anilines is 1. The Morgan fingerprint density at radius 3 is 2.68 bits per heavy atom. The quantitative estimate of drug-likeness (QED) is 0.804. The molecule has 3 aromatic rings. The van der Waals surface area contributed by atoms with Crippen molar-refractivity contribution < 1.29 is 18.1 Å². The van der Waals surface area contributed by atoms with Gasteiger partial charge in [0.1, 0.15) is 17.3 Å². The minimum atomic E-state index is -0.752. The first-order valence-electron chi connectivity index (χ1n) is 6.63. The van der Waals surface area contributed by atoms with Crippen molar-refractivity contribution in [1.29, 1.82) is 0 Å². The number of hydrogen-bond acceptors (Lipinski definition) is 3. The van der Waals surface area contributed by atoms with Crippen molar-refractivity contribution >= 4 is 22.6 Å². The van der Waals surface area contributed by atoms with Crippen molar-refractivity contribution in [2.45, 2.75) is 13.3 Å². The predicted molar refractivity (Wildman–Crippen MR) is 77.4 cm³/mol. The number of nitrogens with zero attached hydrogens (tertiary/aromatic N) is 1. The summed E-state index contributed by atoms with van der Waals surface area (Å²) in [4.78, 5) is 12.0. The number of benzene rings is 2. The van der Waals surface area contributed by atoms with Gasteiger partial charge in [-0.05, 0) is 30.7 Å². The van der Waals surface area contributed by atoms with E-state index in [1.54, 1.807) is 0 Å². The molecule has 0 unspecified atom stereocenters. The van der Waals surface area contributed by atoms with Gasteiger partial charge in [-0.25, -0.2) is 8.78 Å². The van der Waals surface area contributed by atoms with E-state index >= 15 is 0 Å². The summed E-state index contributed by atoms with van der Waals surface area (Å²) in [7, 11) is 0. The average Bonchev–Trinajstić information content (AvgIpc) is 2.82. The molecule has 0 spiro atoms. The smallest absolute Gasteiger partial charge is 0.230 e. The van der Waals surface area contributed by atoms with Crippen LogP contribution in [-0.2, 0) is 11.2 Å². The number of para-hydroxylation sites is 1. The van der Waals surface area contributed by atoms with Crippen LogP contribution in [-0.4, -0.2) is 11.1 Å². The molecule has 112 valence electrons. The van der Waals surface area contributed by atoms with E-state index in [4.69, 9.17) is 4.52 Å². The third-order valence-corrected chi connectivity index (χ3v) is 3.24. The molecule has 1 aromatic heterocycles. The van der Waals surface area contributed by atoms with Crippen LogP contribution < -0.4 is 5.32 Å². The maximum Gasteiger partial charge on any atom is 0.230 e. The maximum atomic E-state index is 13.1.